The van der Waals surface area contributed by atoms with Gasteiger partial charge < -0.3 is 5.32 Å². The van der Waals surface area contributed by atoms with Crippen LogP contribution in [-0.4, -0.2) is 32.2 Å². The van der Waals surface area contributed by atoms with Gasteiger partial charge in [0.1, 0.15) is 12.1 Å². The molecule has 0 saturated heterocycles. The Hall–Kier alpha value is -3.03. The summed E-state index contributed by atoms with van der Waals surface area (Å²) in [5.41, 5.74) is 2.38. The van der Waals surface area contributed by atoms with Crippen LogP contribution >= 0.6 is 0 Å². The van der Waals surface area contributed by atoms with Crippen molar-refractivity contribution in [2.75, 3.05) is 16.8 Å². The highest BCUT2D eigenvalue weighted by Gasteiger charge is 2.27. The van der Waals surface area contributed by atoms with E-state index in [0.717, 1.165) is 24.1 Å². The molecule has 0 spiro atoms. The molecule has 0 radical (unpaired) electrons. The number of fused-ring (bicyclic) bond motifs is 2. The molecule has 24 heavy (non-hydrogen) atoms. The second kappa shape index (κ2) is 5.55. The Morgan fingerprint density at radius 2 is 2.29 bits per heavy atom. The number of hydrogen-bond acceptors (Lipinski definition) is 4. The van der Waals surface area contributed by atoms with Crippen LogP contribution in [0.3, 0.4) is 0 Å². The summed E-state index contributed by atoms with van der Waals surface area (Å²) in [6.07, 6.45) is 4.26. The lowest BCUT2D eigenvalue weighted by Gasteiger charge is -2.18. The molecule has 1 aliphatic heterocycles. The zero-order valence-corrected chi connectivity index (χ0v) is 13.0. The number of aromatic nitrogens is 4. The van der Waals surface area contributed by atoms with Crippen LogP contribution in [0.2, 0.25) is 0 Å². The molecule has 1 N–H and O–H groups in total. The molecule has 8 heteroatoms. The minimum absolute atomic E-state index is 0.0538. The van der Waals surface area contributed by atoms with Gasteiger partial charge in [0.25, 0.3) is 0 Å². The molecule has 4 heterocycles. The summed E-state index contributed by atoms with van der Waals surface area (Å²) in [5.74, 6) is 0.0904. The molecule has 3 aromatic heterocycles. The number of anilines is 2. The van der Waals surface area contributed by atoms with Crippen LogP contribution in [0.25, 0.3) is 5.65 Å². The first-order chi connectivity index (χ1) is 11.7. The van der Waals surface area contributed by atoms with Gasteiger partial charge in [-0.25, -0.2) is 23.7 Å². The van der Waals surface area contributed by atoms with Gasteiger partial charge in [0.05, 0.1) is 11.9 Å². The molecule has 122 valence electrons. The van der Waals surface area contributed by atoms with E-state index in [0.29, 0.717) is 18.0 Å². The number of rotatable bonds is 2. The van der Waals surface area contributed by atoms with E-state index < -0.39 is 11.8 Å². The van der Waals surface area contributed by atoms with Gasteiger partial charge in [-0.15, -0.1) is 0 Å². The fourth-order valence-electron chi connectivity index (χ4n) is 2.79. The number of hydrogen-bond donors (Lipinski definition) is 1. The monoisotopic (exact) mass is 326 g/mol. The van der Waals surface area contributed by atoms with Gasteiger partial charge in [0.2, 0.25) is 0 Å². The quantitative estimate of drug-likeness (QED) is 0.785. The molecule has 0 unspecified atom stereocenters. The first-order valence-corrected chi connectivity index (χ1v) is 7.72. The maximum atomic E-state index is 14.1. The van der Waals surface area contributed by atoms with Gasteiger partial charge in [-0.05, 0) is 24.5 Å². The minimum atomic E-state index is -0.557. The summed E-state index contributed by atoms with van der Waals surface area (Å²) in [5, 5.41) is 6.54. The van der Waals surface area contributed by atoms with Crippen molar-refractivity contribution in [3.63, 3.8) is 0 Å². The molecular weight excluding hydrogens is 311 g/mol. The minimum Gasteiger partial charge on any atom is -0.303 e. The Morgan fingerprint density at radius 3 is 3.12 bits per heavy atom. The van der Waals surface area contributed by atoms with Crippen molar-refractivity contribution in [1.82, 2.24) is 19.6 Å². The Labute approximate surface area is 137 Å². The van der Waals surface area contributed by atoms with E-state index in [-0.39, 0.29) is 5.69 Å². The van der Waals surface area contributed by atoms with Gasteiger partial charge in [0, 0.05) is 18.3 Å². The fraction of sp³-hybridized carbons (Fsp3) is 0.250. The van der Waals surface area contributed by atoms with Gasteiger partial charge in [-0.3, -0.25) is 4.90 Å². The highest BCUT2D eigenvalue weighted by Crippen LogP contribution is 2.27. The van der Waals surface area contributed by atoms with Crippen LogP contribution in [0.5, 0.6) is 0 Å². The maximum Gasteiger partial charge on any atom is 0.327 e. The van der Waals surface area contributed by atoms with E-state index >= 15 is 0 Å². The van der Waals surface area contributed by atoms with E-state index in [9.17, 15) is 9.18 Å². The van der Waals surface area contributed by atoms with E-state index in [1.165, 1.54) is 23.1 Å². The third kappa shape index (κ3) is 2.36. The third-order valence-electron chi connectivity index (χ3n) is 4.09. The summed E-state index contributed by atoms with van der Waals surface area (Å²) < 4.78 is 15.5. The van der Waals surface area contributed by atoms with Crippen LogP contribution in [0.15, 0.2) is 30.7 Å². The van der Waals surface area contributed by atoms with Crippen molar-refractivity contribution < 1.29 is 9.18 Å². The number of carbonyl (C=O) groups is 1. The molecule has 0 aromatic carbocycles. The van der Waals surface area contributed by atoms with E-state index in [4.69, 9.17) is 0 Å². The number of urea groups is 1. The lowest BCUT2D eigenvalue weighted by atomic mass is 10.2. The zero-order chi connectivity index (χ0) is 16.7. The van der Waals surface area contributed by atoms with Crippen molar-refractivity contribution in [3.8, 4) is 0 Å². The number of nitrogens with zero attached hydrogens (tertiary/aromatic N) is 5. The highest BCUT2D eigenvalue weighted by atomic mass is 19.1. The normalized spacial score (nSPS) is 13.3. The molecule has 3 aromatic rings. The van der Waals surface area contributed by atoms with Gasteiger partial charge in [0.15, 0.2) is 11.5 Å². The Bertz CT molecular complexity index is 937. The molecule has 0 bridgehead atoms. The standard InChI is InChI=1S/C16H15FN6O/c1-2-11-4-3-10-5-6-22(15(10)20-11)16(24)21-13-8-23-14(7-12(13)17)18-9-19-23/h3-4,7-9H,2,5-6H2,1H3,(H,21,24). The molecular formula is C16H15FN6O. The SMILES string of the molecule is CCc1ccc2c(n1)N(C(=O)Nc1cn3ncnc3cc1F)CC2. The summed E-state index contributed by atoms with van der Waals surface area (Å²) in [7, 11) is 0. The second-order valence-electron chi connectivity index (χ2n) is 5.57. The lowest BCUT2D eigenvalue weighted by Crippen LogP contribution is -2.34. The first-order valence-electron chi connectivity index (χ1n) is 7.72. The Kier molecular flexibility index (Phi) is 3.37. The fourth-order valence-corrected chi connectivity index (χ4v) is 2.79. The first kappa shape index (κ1) is 14.6. The zero-order valence-electron chi connectivity index (χ0n) is 13.0. The molecule has 2 amide bonds. The Morgan fingerprint density at radius 1 is 1.42 bits per heavy atom. The van der Waals surface area contributed by atoms with Crippen molar-refractivity contribution in [2.24, 2.45) is 0 Å². The number of halogens is 1. The van der Waals surface area contributed by atoms with Crippen molar-refractivity contribution in [1.29, 1.82) is 0 Å². The number of aryl methyl sites for hydroxylation is 1. The highest BCUT2D eigenvalue weighted by molar-refractivity contribution is 6.02. The molecule has 7 nitrogen and oxygen atoms in total. The van der Waals surface area contributed by atoms with Crippen LogP contribution in [0.1, 0.15) is 18.2 Å². The summed E-state index contributed by atoms with van der Waals surface area (Å²) in [4.78, 5) is 22.5. The molecule has 4 rings (SSSR count). The van der Waals surface area contributed by atoms with Gasteiger partial charge in [-0.1, -0.05) is 13.0 Å². The number of amides is 2. The summed E-state index contributed by atoms with van der Waals surface area (Å²) in [6.45, 7) is 2.53. The van der Waals surface area contributed by atoms with Crippen LogP contribution in [-0.2, 0) is 12.8 Å². The van der Waals surface area contributed by atoms with Crippen molar-refractivity contribution in [3.05, 3.63) is 47.8 Å². The number of pyridine rings is 2. The maximum absolute atomic E-state index is 14.1. The Balaban J connectivity index is 1.62. The third-order valence-corrected chi connectivity index (χ3v) is 4.09. The summed E-state index contributed by atoms with van der Waals surface area (Å²) in [6, 6.07) is 4.79. The molecule has 0 fully saturated rings. The molecule has 1 aliphatic rings. The predicted molar refractivity (Wildman–Crippen MR) is 86.6 cm³/mol. The number of nitrogens with one attached hydrogen (secondary N) is 1. The van der Waals surface area contributed by atoms with Crippen LogP contribution < -0.4 is 10.2 Å². The van der Waals surface area contributed by atoms with E-state index in [1.54, 1.807) is 4.90 Å². The van der Waals surface area contributed by atoms with E-state index in [2.05, 4.69) is 20.4 Å². The van der Waals surface area contributed by atoms with Crippen LogP contribution in [0.4, 0.5) is 20.7 Å². The largest absolute Gasteiger partial charge is 0.327 e. The summed E-state index contributed by atoms with van der Waals surface area (Å²) >= 11 is 0. The average molecular weight is 326 g/mol. The smallest absolute Gasteiger partial charge is 0.303 e. The second-order valence-corrected chi connectivity index (χ2v) is 5.57. The topological polar surface area (TPSA) is 75.4 Å². The lowest BCUT2D eigenvalue weighted by molar-refractivity contribution is 0.257. The molecule has 0 atom stereocenters. The van der Waals surface area contributed by atoms with Crippen molar-refractivity contribution in [2.45, 2.75) is 19.8 Å². The molecule has 0 aliphatic carbocycles. The number of carbonyl (C=O) groups excluding carboxylic acids is 1. The molecule has 0 saturated carbocycles. The van der Waals surface area contributed by atoms with Gasteiger partial charge in [-0.2, -0.15) is 5.10 Å². The average Bonchev–Trinajstić information content (AvgIpc) is 3.20. The van der Waals surface area contributed by atoms with Crippen molar-refractivity contribution >= 4 is 23.2 Å². The predicted octanol–water partition coefficient (Wildman–Crippen LogP) is 2.42. The van der Waals surface area contributed by atoms with E-state index in [1.807, 2.05) is 19.1 Å². The van der Waals surface area contributed by atoms with Gasteiger partial charge >= 0.3 is 6.03 Å². The van der Waals surface area contributed by atoms with Crippen LogP contribution in [0, 0.1) is 5.82 Å².